The summed E-state index contributed by atoms with van der Waals surface area (Å²) in [5, 5.41) is 21.7. The first-order valence-electron chi connectivity index (χ1n) is 10.5. The molecule has 37 heavy (non-hydrogen) atoms. The summed E-state index contributed by atoms with van der Waals surface area (Å²) in [4.78, 5) is 13.6. The molecule has 1 aliphatic rings. The van der Waals surface area contributed by atoms with Gasteiger partial charge in [0.2, 0.25) is 10.0 Å². The average molecular weight is 552 g/mol. The van der Waals surface area contributed by atoms with Crippen LogP contribution in [-0.4, -0.2) is 37.2 Å². The number of allylic oxidation sites excluding steroid dienone is 1. The Balaban J connectivity index is 2.13. The predicted octanol–water partition coefficient (Wildman–Crippen LogP) is 3.30. The van der Waals surface area contributed by atoms with E-state index in [0.717, 1.165) is 29.2 Å². The fourth-order valence-corrected chi connectivity index (χ4v) is 5.55. The molecule has 0 saturated carbocycles. The molecule has 3 rings (SSSR count). The lowest BCUT2D eigenvalue weighted by Crippen LogP contribution is -2.47. The number of sulfonamides is 1. The van der Waals surface area contributed by atoms with E-state index in [1.807, 2.05) is 12.1 Å². The fourth-order valence-electron chi connectivity index (χ4n) is 3.73. The first-order chi connectivity index (χ1) is 17.3. The van der Waals surface area contributed by atoms with Gasteiger partial charge in [-0.05, 0) is 42.8 Å². The molecule has 2 amide bonds. The van der Waals surface area contributed by atoms with Gasteiger partial charge < -0.3 is 5.32 Å². The van der Waals surface area contributed by atoms with E-state index in [2.05, 4.69) is 10.0 Å². The molecule has 14 heteroatoms. The van der Waals surface area contributed by atoms with Crippen molar-refractivity contribution in [2.24, 2.45) is 0 Å². The van der Waals surface area contributed by atoms with Crippen LogP contribution in [0.1, 0.15) is 29.7 Å². The van der Waals surface area contributed by atoms with Gasteiger partial charge in [-0.2, -0.15) is 23.7 Å². The Kier molecular flexibility index (Phi) is 8.07. The molecule has 0 radical (unpaired) electrons. The zero-order valence-electron chi connectivity index (χ0n) is 19.5. The number of carbonyl (C=O) groups is 1. The van der Waals surface area contributed by atoms with E-state index in [4.69, 9.17) is 0 Å². The van der Waals surface area contributed by atoms with Crippen molar-refractivity contribution in [3.8, 4) is 12.1 Å². The van der Waals surface area contributed by atoms with Crippen LogP contribution >= 0.6 is 0 Å². The number of alkyl halides is 3. The second kappa shape index (κ2) is 10.7. The normalized spacial score (nSPS) is 17.1. The predicted molar refractivity (Wildman–Crippen MR) is 129 cm³/mol. The largest absolute Gasteiger partial charge is 0.416 e. The molecule has 0 aromatic heterocycles. The van der Waals surface area contributed by atoms with Crippen LogP contribution in [0.3, 0.4) is 0 Å². The van der Waals surface area contributed by atoms with Crippen LogP contribution in [0.25, 0.3) is 0 Å². The summed E-state index contributed by atoms with van der Waals surface area (Å²) in [5.41, 5.74) is -1.29. The maximum absolute atomic E-state index is 13.2. The van der Waals surface area contributed by atoms with Gasteiger partial charge in [-0.3, -0.25) is 9.11 Å². The van der Waals surface area contributed by atoms with Crippen molar-refractivity contribution in [1.29, 1.82) is 10.5 Å². The number of carbonyl (C=O) groups excluding carboxylic acids is 1. The van der Waals surface area contributed by atoms with Crippen molar-refractivity contribution in [3.63, 3.8) is 0 Å². The maximum Gasteiger partial charge on any atom is 0.416 e. The maximum atomic E-state index is 13.2. The highest BCUT2D eigenvalue weighted by Crippen LogP contribution is 2.37. The minimum atomic E-state index is -4.66. The van der Waals surface area contributed by atoms with Crippen LogP contribution in [-0.2, 0) is 27.0 Å². The van der Waals surface area contributed by atoms with E-state index in [9.17, 15) is 41.1 Å². The van der Waals surface area contributed by atoms with Crippen molar-refractivity contribution in [2.45, 2.75) is 24.0 Å². The lowest BCUT2D eigenvalue weighted by Gasteiger charge is -2.34. The molecule has 1 heterocycles. The molecular weight excluding hydrogens is 531 g/mol. The first kappa shape index (κ1) is 27.9. The number of rotatable bonds is 7. The van der Waals surface area contributed by atoms with Gasteiger partial charge >= 0.3 is 12.2 Å². The van der Waals surface area contributed by atoms with Gasteiger partial charge in [0, 0.05) is 35.0 Å². The van der Waals surface area contributed by atoms with Gasteiger partial charge in [0.1, 0.15) is 0 Å². The van der Waals surface area contributed by atoms with Crippen molar-refractivity contribution in [2.75, 3.05) is 23.5 Å². The van der Waals surface area contributed by atoms with Crippen LogP contribution in [0.5, 0.6) is 0 Å². The highest BCUT2D eigenvalue weighted by atomic mass is 32.2. The first-order valence-corrected chi connectivity index (χ1v) is 13.7. The van der Waals surface area contributed by atoms with Crippen molar-refractivity contribution in [1.82, 2.24) is 10.0 Å². The van der Waals surface area contributed by atoms with E-state index in [1.165, 1.54) is 31.4 Å². The summed E-state index contributed by atoms with van der Waals surface area (Å²) < 4.78 is 79.4. The second-order valence-electron chi connectivity index (χ2n) is 7.92. The summed E-state index contributed by atoms with van der Waals surface area (Å²) in [6.45, 7) is 1.19. The van der Waals surface area contributed by atoms with E-state index in [-0.39, 0.29) is 45.3 Å². The molecule has 1 aliphatic heterocycles. The summed E-state index contributed by atoms with van der Waals surface area (Å²) >= 11 is 0. The molecule has 2 aromatic carbocycles. The number of nitriles is 2. The Hall–Kier alpha value is -3.72. The lowest BCUT2D eigenvalue weighted by atomic mass is 9.94. The second-order valence-corrected chi connectivity index (χ2v) is 11.2. The number of hydrogen-bond acceptors (Lipinski definition) is 6. The third kappa shape index (κ3) is 5.99. The number of urea groups is 1. The van der Waals surface area contributed by atoms with Crippen molar-refractivity contribution >= 4 is 32.5 Å². The number of anilines is 1. The SMILES string of the molecule is CC1=C(C#N)C(c2ccc(C#N)cc2S(=O)(=O)NCCS(C)=O)NC(=O)N1c1cccc(C(F)(F)F)c1. The molecule has 2 N–H and O–H groups in total. The number of benzene rings is 2. The molecule has 2 atom stereocenters. The molecule has 0 spiro atoms. The number of nitrogens with one attached hydrogen (secondary N) is 2. The van der Waals surface area contributed by atoms with E-state index in [0.29, 0.717) is 0 Å². The monoisotopic (exact) mass is 551 g/mol. The minimum absolute atomic E-state index is 0.00220. The molecule has 0 saturated heterocycles. The number of hydrogen-bond donors (Lipinski definition) is 2. The highest BCUT2D eigenvalue weighted by molar-refractivity contribution is 7.89. The number of nitrogens with zero attached hydrogens (tertiary/aromatic N) is 3. The quantitative estimate of drug-likeness (QED) is 0.541. The number of amides is 2. The zero-order chi connectivity index (χ0) is 27.5. The lowest BCUT2D eigenvalue weighted by molar-refractivity contribution is -0.137. The molecule has 9 nitrogen and oxygen atoms in total. The molecule has 0 fully saturated rings. The van der Waals surface area contributed by atoms with Crippen molar-refractivity contribution in [3.05, 3.63) is 70.4 Å². The van der Waals surface area contributed by atoms with Gasteiger partial charge in [-0.15, -0.1) is 0 Å². The van der Waals surface area contributed by atoms with Crippen LogP contribution in [0.15, 0.2) is 58.6 Å². The molecule has 0 bridgehead atoms. The van der Waals surface area contributed by atoms with E-state index >= 15 is 0 Å². The minimum Gasteiger partial charge on any atom is -0.326 e. The molecule has 0 aliphatic carbocycles. The smallest absolute Gasteiger partial charge is 0.326 e. The summed E-state index contributed by atoms with van der Waals surface area (Å²) in [6.07, 6.45) is -3.26. The standard InChI is InChI=1S/C23H20F3N5O4S2/c1-14-19(13-28)21(30-22(32)31(14)17-5-3-4-16(11-17)23(24,25)26)18-7-6-15(12-27)10-20(18)37(34,35)29-8-9-36(2)33/h3-7,10-11,21,29H,8-9H2,1-2H3,(H,30,32). The Bertz CT molecular complexity index is 1490. The zero-order valence-corrected chi connectivity index (χ0v) is 21.1. The Morgan fingerprint density at radius 2 is 1.86 bits per heavy atom. The van der Waals surface area contributed by atoms with E-state index in [1.54, 1.807) is 0 Å². The summed E-state index contributed by atoms with van der Waals surface area (Å²) in [6, 6.07) is 9.24. The van der Waals surface area contributed by atoms with Gasteiger partial charge in [0.15, 0.2) is 0 Å². The number of halogens is 3. The molecule has 2 unspecified atom stereocenters. The van der Waals surface area contributed by atoms with Crippen LogP contribution in [0.2, 0.25) is 0 Å². The van der Waals surface area contributed by atoms with Crippen LogP contribution in [0, 0.1) is 22.7 Å². The van der Waals surface area contributed by atoms with Crippen molar-refractivity contribution < 1.29 is 30.6 Å². The molecule has 2 aromatic rings. The van der Waals surface area contributed by atoms with Crippen LogP contribution < -0.4 is 14.9 Å². The molecular formula is C23H20F3N5O4S2. The average Bonchev–Trinajstić information content (AvgIpc) is 2.82. The van der Waals surface area contributed by atoms with Gasteiger partial charge in [0.05, 0.1) is 45.5 Å². The molecule has 194 valence electrons. The fraction of sp³-hybridized carbons (Fsp3) is 0.261. The third-order valence-electron chi connectivity index (χ3n) is 5.46. The summed E-state index contributed by atoms with van der Waals surface area (Å²) in [5.74, 6) is 0.0288. The third-order valence-corrected chi connectivity index (χ3v) is 7.76. The Labute approximate surface area is 213 Å². The van der Waals surface area contributed by atoms with Gasteiger partial charge in [-0.25, -0.2) is 17.9 Å². The Morgan fingerprint density at radius 3 is 2.46 bits per heavy atom. The summed E-state index contributed by atoms with van der Waals surface area (Å²) in [7, 11) is -5.56. The highest BCUT2D eigenvalue weighted by Gasteiger charge is 2.37. The van der Waals surface area contributed by atoms with Gasteiger partial charge in [-0.1, -0.05) is 12.1 Å². The van der Waals surface area contributed by atoms with E-state index < -0.39 is 44.6 Å². The van der Waals surface area contributed by atoms with Gasteiger partial charge in [0.25, 0.3) is 0 Å². The Morgan fingerprint density at radius 1 is 1.16 bits per heavy atom. The topological polar surface area (TPSA) is 143 Å². The van der Waals surface area contributed by atoms with Crippen LogP contribution in [0.4, 0.5) is 23.7 Å².